The highest BCUT2D eigenvalue weighted by Gasteiger charge is 2.07. The second-order valence-corrected chi connectivity index (χ2v) is 4.99. The van der Waals surface area contributed by atoms with Gasteiger partial charge in [0.2, 0.25) is 0 Å². The van der Waals surface area contributed by atoms with Crippen LogP contribution < -0.4 is 5.32 Å². The van der Waals surface area contributed by atoms with Gasteiger partial charge in [0, 0.05) is 30.0 Å². The van der Waals surface area contributed by atoms with Crippen molar-refractivity contribution >= 4 is 5.69 Å². The molecular weight excluding hydrogens is 276 g/mol. The van der Waals surface area contributed by atoms with Crippen molar-refractivity contribution in [2.75, 3.05) is 12.4 Å². The average Bonchev–Trinajstić information content (AvgIpc) is 3.04. The highest BCUT2D eigenvalue weighted by atomic mass is 16.5. The smallest absolute Gasteiger partial charge is 0.156 e. The number of benzene rings is 2. The molecule has 0 spiro atoms. The Bertz CT molecular complexity index is 723. The van der Waals surface area contributed by atoms with Gasteiger partial charge in [-0.2, -0.15) is 0 Å². The van der Waals surface area contributed by atoms with Crippen molar-refractivity contribution in [1.82, 2.24) is 5.16 Å². The number of rotatable bonds is 6. The molecule has 1 aromatic heterocycles. The third kappa shape index (κ3) is 3.35. The first-order valence-corrected chi connectivity index (χ1v) is 7.18. The number of anilines is 1. The van der Waals surface area contributed by atoms with Gasteiger partial charge in [0.15, 0.2) is 5.76 Å². The molecule has 0 saturated carbocycles. The van der Waals surface area contributed by atoms with E-state index in [0.717, 1.165) is 28.3 Å². The predicted octanol–water partition coefficient (Wildman–Crippen LogP) is 4.10. The van der Waals surface area contributed by atoms with E-state index in [2.05, 4.69) is 10.5 Å². The van der Waals surface area contributed by atoms with Crippen molar-refractivity contribution in [3.05, 3.63) is 72.0 Å². The van der Waals surface area contributed by atoms with E-state index in [4.69, 9.17) is 9.26 Å². The van der Waals surface area contributed by atoms with Crippen LogP contribution in [0.15, 0.2) is 65.2 Å². The summed E-state index contributed by atoms with van der Waals surface area (Å²) in [5.41, 5.74) is 4.06. The van der Waals surface area contributed by atoms with Gasteiger partial charge < -0.3 is 14.6 Å². The largest absolute Gasteiger partial charge is 0.380 e. The molecule has 4 nitrogen and oxygen atoms in total. The summed E-state index contributed by atoms with van der Waals surface area (Å²) in [5, 5.41) is 7.48. The second-order valence-electron chi connectivity index (χ2n) is 4.99. The van der Waals surface area contributed by atoms with E-state index in [1.807, 2.05) is 60.7 Å². The van der Waals surface area contributed by atoms with Gasteiger partial charge in [0.05, 0.1) is 13.2 Å². The monoisotopic (exact) mass is 294 g/mol. The maximum absolute atomic E-state index is 5.40. The number of ether oxygens (including phenoxy) is 1. The Balaban J connectivity index is 1.69. The summed E-state index contributed by atoms with van der Waals surface area (Å²) in [5.74, 6) is 0.797. The molecule has 0 amide bonds. The SMILES string of the molecule is COCc1ccccc1NCc1cc(-c2ccccc2)no1. The Hall–Kier alpha value is -2.59. The van der Waals surface area contributed by atoms with Crippen molar-refractivity contribution < 1.29 is 9.26 Å². The van der Waals surface area contributed by atoms with Crippen molar-refractivity contribution in [2.45, 2.75) is 13.2 Å². The minimum atomic E-state index is 0.578. The standard InChI is InChI=1S/C18H18N2O2/c1-21-13-15-9-5-6-10-17(15)19-12-16-11-18(20-22-16)14-7-3-2-4-8-14/h2-11,19H,12-13H2,1H3. The van der Waals surface area contributed by atoms with Gasteiger partial charge in [-0.3, -0.25) is 0 Å². The molecule has 0 radical (unpaired) electrons. The lowest BCUT2D eigenvalue weighted by Crippen LogP contribution is -2.02. The zero-order valence-electron chi connectivity index (χ0n) is 12.5. The number of aromatic nitrogens is 1. The van der Waals surface area contributed by atoms with Gasteiger partial charge in [0.1, 0.15) is 5.69 Å². The topological polar surface area (TPSA) is 47.3 Å². The molecule has 0 aliphatic carbocycles. The van der Waals surface area contributed by atoms with Crippen molar-refractivity contribution in [1.29, 1.82) is 0 Å². The molecule has 0 aliphatic heterocycles. The van der Waals surface area contributed by atoms with Crippen LogP contribution >= 0.6 is 0 Å². The van der Waals surface area contributed by atoms with Crippen LogP contribution in [0.2, 0.25) is 0 Å². The maximum atomic E-state index is 5.40. The van der Waals surface area contributed by atoms with Gasteiger partial charge in [-0.1, -0.05) is 53.7 Å². The summed E-state index contributed by atoms with van der Waals surface area (Å²) in [6, 6.07) is 20.0. The van der Waals surface area contributed by atoms with Crippen molar-refractivity contribution in [2.24, 2.45) is 0 Å². The molecule has 3 aromatic rings. The summed E-state index contributed by atoms with van der Waals surface area (Å²) in [4.78, 5) is 0. The molecule has 0 unspecified atom stereocenters. The molecule has 0 saturated heterocycles. The maximum Gasteiger partial charge on any atom is 0.156 e. The van der Waals surface area contributed by atoms with Crippen molar-refractivity contribution in [3.63, 3.8) is 0 Å². The van der Waals surface area contributed by atoms with Crippen LogP contribution in [0.1, 0.15) is 11.3 Å². The van der Waals surface area contributed by atoms with Crippen LogP contribution in [0.3, 0.4) is 0 Å². The lowest BCUT2D eigenvalue weighted by atomic mass is 10.1. The molecule has 0 fully saturated rings. The van der Waals surface area contributed by atoms with E-state index >= 15 is 0 Å². The van der Waals surface area contributed by atoms with E-state index in [9.17, 15) is 0 Å². The molecule has 0 bridgehead atoms. The molecule has 3 rings (SSSR count). The molecular formula is C18H18N2O2. The number of nitrogens with zero attached hydrogens (tertiary/aromatic N) is 1. The van der Waals surface area contributed by atoms with Crippen LogP contribution in [-0.2, 0) is 17.9 Å². The fraction of sp³-hybridized carbons (Fsp3) is 0.167. The first-order chi connectivity index (χ1) is 10.9. The van der Waals surface area contributed by atoms with Crippen molar-refractivity contribution in [3.8, 4) is 11.3 Å². The zero-order chi connectivity index (χ0) is 15.2. The molecule has 1 N–H and O–H groups in total. The summed E-state index contributed by atoms with van der Waals surface area (Å²) in [6.45, 7) is 1.16. The van der Waals surface area contributed by atoms with E-state index in [-0.39, 0.29) is 0 Å². The van der Waals surface area contributed by atoms with Crippen LogP contribution in [0.4, 0.5) is 5.69 Å². The Kier molecular flexibility index (Phi) is 4.51. The number of nitrogens with one attached hydrogen (secondary N) is 1. The van der Waals surface area contributed by atoms with E-state index in [1.54, 1.807) is 7.11 Å². The number of hydrogen-bond donors (Lipinski definition) is 1. The molecule has 2 aromatic carbocycles. The minimum absolute atomic E-state index is 0.578. The van der Waals surface area contributed by atoms with Crippen LogP contribution in [0.25, 0.3) is 11.3 Å². The average molecular weight is 294 g/mol. The summed E-state index contributed by atoms with van der Waals surface area (Å²) >= 11 is 0. The highest BCUT2D eigenvalue weighted by Crippen LogP contribution is 2.20. The lowest BCUT2D eigenvalue weighted by molar-refractivity contribution is 0.185. The van der Waals surface area contributed by atoms with E-state index < -0.39 is 0 Å². The zero-order valence-corrected chi connectivity index (χ0v) is 12.5. The predicted molar refractivity (Wildman–Crippen MR) is 86.4 cm³/mol. The van der Waals surface area contributed by atoms with Crippen LogP contribution in [-0.4, -0.2) is 12.3 Å². The molecule has 22 heavy (non-hydrogen) atoms. The van der Waals surface area contributed by atoms with Gasteiger partial charge >= 0.3 is 0 Å². The summed E-state index contributed by atoms with van der Waals surface area (Å²) < 4.78 is 10.6. The molecule has 1 heterocycles. The normalized spacial score (nSPS) is 10.6. The summed E-state index contributed by atoms with van der Waals surface area (Å²) in [7, 11) is 1.69. The minimum Gasteiger partial charge on any atom is -0.380 e. The Morgan fingerprint density at radius 2 is 1.82 bits per heavy atom. The van der Waals surface area contributed by atoms with E-state index in [0.29, 0.717) is 13.2 Å². The van der Waals surface area contributed by atoms with Gasteiger partial charge in [-0.25, -0.2) is 0 Å². The fourth-order valence-electron chi connectivity index (χ4n) is 2.30. The second kappa shape index (κ2) is 6.91. The third-order valence-corrected chi connectivity index (χ3v) is 3.40. The highest BCUT2D eigenvalue weighted by molar-refractivity contribution is 5.58. The lowest BCUT2D eigenvalue weighted by Gasteiger charge is -2.09. The number of methoxy groups -OCH3 is 1. The van der Waals surface area contributed by atoms with Gasteiger partial charge in [-0.05, 0) is 6.07 Å². The number of hydrogen-bond acceptors (Lipinski definition) is 4. The third-order valence-electron chi connectivity index (χ3n) is 3.40. The first kappa shape index (κ1) is 14.4. The van der Waals surface area contributed by atoms with Gasteiger partial charge in [-0.15, -0.1) is 0 Å². The Labute approximate surface area is 129 Å². The quantitative estimate of drug-likeness (QED) is 0.743. The summed E-state index contributed by atoms with van der Waals surface area (Å²) in [6.07, 6.45) is 0. The first-order valence-electron chi connectivity index (χ1n) is 7.18. The number of para-hydroxylation sites is 1. The fourth-order valence-corrected chi connectivity index (χ4v) is 2.30. The Morgan fingerprint density at radius 1 is 1.05 bits per heavy atom. The molecule has 0 atom stereocenters. The van der Waals surface area contributed by atoms with Crippen LogP contribution in [0, 0.1) is 0 Å². The van der Waals surface area contributed by atoms with E-state index in [1.165, 1.54) is 0 Å². The van der Waals surface area contributed by atoms with Crippen LogP contribution in [0.5, 0.6) is 0 Å². The van der Waals surface area contributed by atoms with Gasteiger partial charge in [0.25, 0.3) is 0 Å². The Morgan fingerprint density at radius 3 is 2.64 bits per heavy atom. The molecule has 4 heteroatoms. The molecule has 112 valence electrons. The molecule has 0 aliphatic rings.